The summed E-state index contributed by atoms with van der Waals surface area (Å²) < 4.78 is 0. The van der Waals surface area contributed by atoms with Crippen molar-refractivity contribution in [2.75, 3.05) is 23.9 Å². The van der Waals surface area contributed by atoms with Crippen molar-refractivity contribution < 1.29 is 15.0 Å². The van der Waals surface area contributed by atoms with E-state index in [4.69, 9.17) is 0 Å². The molecular formula is C27H26N2O3. The van der Waals surface area contributed by atoms with Gasteiger partial charge in [0.1, 0.15) is 6.10 Å². The van der Waals surface area contributed by atoms with Crippen molar-refractivity contribution in [3.8, 4) is 0 Å². The van der Waals surface area contributed by atoms with E-state index in [0.29, 0.717) is 0 Å². The topological polar surface area (TPSA) is 64.0 Å². The van der Waals surface area contributed by atoms with Crippen molar-refractivity contribution in [2.45, 2.75) is 12.2 Å². The third-order valence-electron chi connectivity index (χ3n) is 6.70. The van der Waals surface area contributed by atoms with Gasteiger partial charge in [0, 0.05) is 42.8 Å². The first-order valence-electron chi connectivity index (χ1n) is 10.8. The molecule has 5 rings (SSSR count). The van der Waals surface area contributed by atoms with E-state index in [2.05, 4.69) is 0 Å². The third-order valence-corrected chi connectivity index (χ3v) is 6.70. The summed E-state index contributed by atoms with van der Waals surface area (Å²) in [5, 5.41) is 21.8. The molecule has 2 aromatic carbocycles. The summed E-state index contributed by atoms with van der Waals surface area (Å²) in [6.45, 7) is 0. The van der Waals surface area contributed by atoms with E-state index in [9.17, 15) is 15.0 Å². The summed E-state index contributed by atoms with van der Waals surface area (Å²) in [5.41, 5.74) is 5.95. The number of hydrogen-bond donors (Lipinski definition) is 2. The summed E-state index contributed by atoms with van der Waals surface area (Å²) in [5.74, 6) is -1.80. The van der Waals surface area contributed by atoms with Crippen LogP contribution in [0.5, 0.6) is 0 Å². The van der Waals surface area contributed by atoms with Crippen molar-refractivity contribution >= 4 is 29.3 Å². The Morgan fingerprint density at radius 1 is 0.750 bits per heavy atom. The molecule has 2 aliphatic heterocycles. The Balaban J connectivity index is 1.43. The molecule has 1 aliphatic carbocycles. The van der Waals surface area contributed by atoms with Crippen LogP contribution in [0.2, 0.25) is 0 Å². The van der Waals surface area contributed by atoms with Gasteiger partial charge < -0.3 is 20.0 Å². The fourth-order valence-corrected chi connectivity index (χ4v) is 4.79. The highest BCUT2D eigenvalue weighted by atomic mass is 16.3. The van der Waals surface area contributed by atoms with Gasteiger partial charge in [-0.3, -0.25) is 4.79 Å². The lowest BCUT2D eigenvalue weighted by molar-refractivity contribution is -0.127. The van der Waals surface area contributed by atoms with Crippen molar-refractivity contribution in [2.24, 2.45) is 11.8 Å². The van der Waals surface area contributed by atoms with E-state index in [0.717, 1.165) is 33.9 Å². The number of fused-ring (bicyclic) bond motifs is 2. The molecule has 4 atom stereocenters. The zero-order valence-corrected chi connectivity index (χ0v) is 18.1. The number of Topliss-reactive ketones (excluding diaryl/α,β-unsaturated/α-hetero) is 1. The van der Waals surface area contributed by atoms with Gasteiger partial charge in [0.2, 0.25) is 0 Å². The minimum absolute atomic E-state index is 0.352. The molecule has 3 aliphatic rings. The molecule has 2 N–H and O–H groups in total. The lowest BCUT2D eigenvalue weighted by Gasteiger charge is -2.28. The first-order chi connectivity index (χ1) is 15.5. The van der Waals surface area contributed by atoms with Gasteiger partial charge in [-0.25, -0.2) is 0 Å². The number of para-hydroxylation sites is 2. The summed E-state index contributed by atoms with van der Waals surface area (Å²) in [7, 11) is 3.89. The van der Waals surface area contributed by atoms with Crippen LogP contribution in [0.3, 0.4) is 0 Å². The average Bonchev–Trinajstić information content (AvgIpc) is 3.01. The molecule has 2 heterocycles. The fraction of sp³-hybridized carbons (Fsp3) is 0.222. The zero-order chi connectivity index (χ0) is 22.4. The standard InChI is InChI=1S/C27H26N2O3/c1-28-19(13-11-17-7-3-5-9-23(17)28)15-21-25(30)22(27(32)26(21)31)16-20-14-12-18-8-4-6-10-24(18)29(20)2/h3-16,21-22,25-26,30-31H,1-2H3. The lowest BCUT2D eigenvalue weighted by Crippen LogP contribution is -2.27. The van der Waals surface area contributed by atoms with Gasteiger partial charge in [0.25, 0.3) is 0 Å². The minimum atomic E-state index is -1.25. The molecule has 4 unspecified atom stereocenters. The number of allylic oxidation sites excluding steroid dienone is 2. The highest BCUT2D eigenvalue weighted by Gasteiger charge is 2.47. The molecule has 0 radical (unpaired) electrons. The van der Waals surface area contributed by atoms with Crippen LogP contribution in [0.4, 0.5) is 11.4 Å². The Morgan fingerprint density at radius 3 is 1.81 bits per heavy atom. The number of aliphatic hydroxyl groups excluding tert-OH is 2. The van der Waals surface area contributed by atoms with E-state index >= 15 is 0 Å². The van der Waals surface area contributed by atoms with Crippen LogP contribution in [0, 0.1) is 11.8 Å². The molecular weight excluding hydrogens is 400 g/mol. The van der Waals surface area contributed by atoms with Gasteiger partial charge in [-0.15, -0.1) is 0 Å². The predicted molar refractivity (Wildman–Crippen MR) is 128 cm³/mol. The third kappa shape index (κ3) is 3.30. The normalized spacial score (nSPS) is 29.1. The second kappa shape index (κ2) is 7.93. The van der Waals surface area contributed by atoms with Crippen LogP contribution in [0.25, 0.3) is 12.2 Å². The van der Waals surface area contributed by atoms with Gasteiger partial charge in [-0.1, -0.05) is 54.6 Å². The van der Waals surface area contributed by atoms with Crippen LogP contribution in [0.1, 0.15) is 11.1 Å². The van der Waals surface area contributed by atoms with E-state index in [1.165, 1.54) is 0 Å². The summed E-state index contributed by atoms with van der Waals surface area (Å²) in [6.07, 6.45) is 9.24. The number of carbonyl (C=O) groups excluding carboxylic acids is 1. The number of rotatable bonds is 2. The SMILES string of the molecule is CN1C(=CC2C(=O)C(O)C(C=C3C=Cc4ccccc4N3C)C2O)C=Cc2ccccc21. The molecule has 5 nitrogen and oxygen atoms in total. The zero-order valence-electron chi connectivity index (χ0n) is 18.1. The fourth-order valence-electron chi connectivity index (χ4n) is 4.79. The summed E-state index contributed by atoms with van der Waals surface area (Å²) in [4.78, 5) is 16.9. The summed E-state index contributed by atoms with van der Waals surface area (Å²) in [6, 6.07) is 16.0. The van der Waals surface area contributed by atoms with Gasteiger partial charge in [-0.05, 0) is 41.5 Å². The van der Waals surface area contributed by atoms with Gasteiger partial charge >= 0.3 is 0 Å². The quantitative estimate of drug-likeness (QED) is 0.768. The smallest absolute Gasteiger partial charge is 0.171 e. The maximum absolute atomic E-state index is 12.9. The number of nitrogens with zero attached hydrogens (tertiary/aromatic N) is 2. The van der Waals surface area contributed by atoms with Crippen molar-refractivity contribution in [3.63, 3.8) is 0 Å². The molecule has 0 spiro atoms. The highest BCUT2D eigenvalue weighted by molar-refractivity contribution is 5.91. The van der Waals surface area contributed by atoms with Crippen LogP contribution in [-0.4, -0.2) is 42.3 Å². The molecule has 0 saturated heterocycles. The Kier molecular flexibility index (Phi) is 5.08. The van der Waals surface area contributed by atoms with Crippen LogP contribution >= 0.6 is 0 Å². The molecule has 1 fully saturated rings. The van der Waals surface area contributed by atoms with Crippen molar-refractivity contribution in [3.05, 3.63) is 95.4 Å². The van der Waals surface area contributed by atoms with E-state index < -0.39 is 24.0 Å². The van der Waals surface area contributed by atoms with E-state index in [1.807, 2.05) is 103 Å². The molecule has 0 amide bonds. The lowest BCUT2D eigenvalue weighted by atomic mass is 9.96. The van der Waals surface area contributed by atoms with Crippen molar-refractivity contribution in [1.29, 1.82) is 0 Å². The van der Waals surface area contributed by atoms with E-state index in [-0.39, 0.29) is 5.78 Å². The molecule has 32 heavy (non-hydrogen) atoms. The number of benzene rings is 2. The maximum atomic E-state index is 12.9. The largest absolute Gasteiger partial charge is 0.391 e. The molecule has 2 aromatic rings. The number of likely N-dealkylation sites (N-methyl/N-ethyl adjacent to an activating group) is 2. The Labute approximate surface area is 187 Å². The van der Waals surface area contributed by atoms with Gasteiger partial charge in [0.15, 0.2) is 5.78 Å². The molecule has 1 saturated carbocycles. The average molecular weight is 427 g/mol. The Bertz CT molecular complexity index is 1190. The van der Waals surface area contributed by atoms with Crippen LogP contribution < -0.4 is 9.80 Å². The first-order valence-corrected chi connectivity index (χ1v) is 10.8. The monoisotopic (exact) mass is 426 g/mol. The highest BCUT2D eigenvalue weighted by Crippen LogP contribution is 2.37. The molecule has 0 aromatic heterocycles. The molecule has 162 valence electrons. The maximum Gasteiger partial charge on any atom is 0.171 e. The second-order valence-corrected chi connectivity index (χ2v) is 8.53. The van der Waals surface area contributed by atoms with Gasteiger partial charge in [0.05, 0.1) is 12.0 Å². The van der Waals surface area contributed by atoms with Crippen LogP contribution in [0.15, 0.2) is 84.2 Å². The van der Waals surface area contributed by atoms with Gasteiger partial charge in [-0.2, -0.15) is 0 Å². The second-order valence-electron chi connectivity index (χ2n) is 8.53. The summed E-state index contributed by atoms with van der Waals surface area (Å²) >= 11 is 0. The first kappa shape index (κ1) is 20.5. The molecule has 0 bridgehead atoms. The Hall–Kier alpha value is -3.41. The number of carbonyl (C=O) groups is 1. The minimum Gasteiger partial charge on any atom is -0.391 e. The number of aliphatic hydroxyl groups is 2. The van der Waals surface area contributed by atoms with E-state index in [1.54, 1.807) is 6.08 Å². The number of hydrogen-bond acceptors (Lipinski definition) is 5. The number of anilines is 2. The number of ketones is 1. The predicted octanol–water partition coefficient (Wildman–Crippen LogP) is 3.62. The Morgan fingerprint density at radius 2 is 1.25 bits per heavy atom. The van der Waals surface area contributed by atoms with Crippen molar-refractivity contribution in [1.82, 2.24) is 0 Å². The molecule has 5 heteroatoms. The van der Waals surface area contributed by atoms with Crippen LogP contribution in [-0.2, 0) is 4.79 Å².